The molecule has 0 unspecified atom stereocenters. The average molecular weight is 620 g/mol. The summed E-state index contributed by atoms with van der Waals surface area (Å²) in [6.07, 6.45) is 3.58. The molecular formula is C43H33N5. The molecule has 0 aliphatic carbocycles. The number of benzene rings is 3. The molecule has 230 valence electrons. The summed E-state index contributed by atoms with van der Waals surface area (Å²) < 4.78 is 0. The van der Waals surface area contributed by atoms with Crippen LogP contribution < -0.4 is 0 Å². The highest BCUT2D eigenvalue weighted by Crippen LogP contribution is 2.33. The third kappa shape index (κ3) is 5.71. The molecule has 48 heavy (non-hydrogen) atoms. The predicted octanol–water partition coefficient (Wildman–Crippen LogP) is 10.6. The molecule has 0 atom stereocenters. The summed E-state index contributed by atoms with van der Waals surface area (Å²) in [4.78, 5) is 24.3. The Bertz CT molecular complexity index is 2340. The predicted molar refractivity (Wildman–Crippen MR) is 196 cm³/mol. The van der Waals surface area contributed by atoms with Crippen molar-refractivity contribution in [1.29, 1.82) is 0 Å². The number of nitrogens with zero attached hydrogens (tertiary/aromatic N) is 5. The van der Waals surface area contributed by atoms with Gasteiger partial charge >= 0.3 is 0 Å². The summed E-state index contributed by atoms with van der Waals surface area (Å²) in [7, 11) is 0. The fraction of sp³-hybridized carbons (Fsp3) is 0.0930. The zero-order valence-electron chi connectivity index (χ0n) is 27.1. The van der Waals surface area contributed by atoms with E-state index in [0.717, 1.165) is 78.2 Å². The molecule has 0 radical (unpaired) electrons. The first kappa shape index (κ1) is 29.3. The summed E-state index contributed by atoms with van der Waals surface area (Å²) in [5.74, 6) is 0. The van der Waals surface area contributed by atoms with Crippen molar-refractivity contribution in [2.75, 3.05) is 0 Å². The Morgan fingerprint density at radius 1 is 0.375 bits per heavy atom. The Balaban J connectivity index is 1.16. The van der Waals surface area contributed by atoms with E-state index in [4.69, 9.17) is 15.0 Å². The lowest BCUT2D eigenvalue weighted by Gasteiger charge is -2.19. The lowest BCUT2D eigenvalue weighted by atomic mass is 9.86. The number of pyridine rings is 5. The van der Waals surface area contributed by atoms with Gasteiger partial charge in [0.05, 0.1) is 45.2 Å². The molecule has 3 aromatic carbocycles. The molecule has 8 aromatic rings. The third-order valence-corrected chi connectivity index (χ3v) is 8.76. The van der Waals surface area contributed by atoms with Crippen LogP contribution in [0.5, 0.6) is 0 Å². The van der Waals surface area contributed by atoms with Gasteiger partial charge in [0.25, 0.3) is 0 Å². The first-order valence-corrected chi connectivity index (χ1v) is 16.2. The Labute approximate surface area is 280 Å². The minimum absolute atomic E-state index is 0.105. The summed E-state index contributed by atoms with van der Waals surface area (Å²) in [5, 5.41) is 2.14. The maximum atomic E-state index is 5.18. The van der Waals surface area contributed by atoms with Crippen molar-refractivity contribution in [2.45, 2.75) is 26.2 Å². The topological polar surface area (TPSA) is 64.5 Å². The molecule has 0 amide bonds. The fourth-order valence-corrected chi connectivity index (χ4v) is 6.05. The van der Waals surface area contributed by atoms with Gasteiger partial charge in [0.2, 0.25) is 0 Å². The molecule has 0 saturated heterocycles. The minimum Gasteiger partial charge on any atom is -0.255 e. The quantitative estimate of drug-likeness (QED) is 0.179. The largest absolute Gasteiger partial charge is 0.255 e. The Hall–Kier alpha value is -6.07. The van der Waals surface area contributed by atoms with Crippen molar-refractivity contribution in [2.24, 2.45) is 0 Å². The smallest absolute Gasteiger partial charge is 0.0972 e. The van der Waals surface area contributed by atoms with Crippen LogP contribution in [0.3, 0.4) is 0 Å². The molecule has 0 spiro atoms. The van der Waals surface area contributed by atoms with Crippen molar-refractivity contribution in [3.8, 4) is 56.4 Å². The highest BCUT2D eigenvalue weighted by molar-refractivity contribution is 6.04. The van der Waals surface area contributed by atoms with Crippen LogP contribution in [0.15, 0.2) is 146 Å². The second kappa shape index (κ2) is 11.9. The summed E-state index contributed by atoms with van der Waals surface area (Å²) in [6, 6.07) is 45.9. The van der Waals surface area contributed by atoms with Crippen LogP contribution in [0.25, 0.3) is 78.2 Å². The zero-order chi connectivity index (χ0) is 32.7. The van der Waals surface area contributed by atoms with Crippen molar-refractivity contribution >= 4 is 21.8 Å². The van der Waals surface area contributed by atoms with Crippen molar-refractivity contribution in [3.05, 3.63) is 151 Å². The van der Waals surface area contributed by atoms with E-state index < -0.39 is 0 Å². The fourth-order valence-electron chi connectivity index (χ4n) is 6.05. The molecule has 0 aliphatic heterocycles. The Kier molecular flexibility index (Phi) is 7.30. The number of aromatic nitrogens is 5. The first-order valence-electron chi connectivity index (χ1n) is 16.2. The first-order chi connectivity index (χ1) is 23.4. The molecule has 0 aliphatic rings. The van der Waals surface area contributed by atoms with Crippen LogP contribution in [0, 0.1) is 0 Å². The Morgan fingerprint density at radius 3 is 1.29 bits per heavy atom. The van der Waals surface area contributed by atoms with Crippen LogP contribution in [-0.2, 0) is 5.41 Å². The standard InChI is InChI=1S/C43H33N5/c1-43(2,3)34-20-16-30(17-21-34)36-23-19-32-15-14-31-18-22-35(47-41(31)42(32)48-36)29-12-10-28(11-13-29)33-26-39(37-8-4-6-24-44-37)46-40(27-33)38-9-5-7-25-45-38/h4-27H,1-3H3. The molecule has 0 bridgehead atoms. The van der Waals surface area contributed by atoms with Gasteiger partial charge in [-0.15, -0.1) is 0 Å². The van der Waals surface area contributed by atoms with E-state index in [1.54, 1.807) is 12.4 Å². The van der Waals surface area contributed by atoms with Crippen LogP contribution in [0.2, 0.25) is 0 Å². The second-order valence-corrected chi connectivity index (χ2v) is 13.1. The van der Waals surface area contributed by atoms with Crippen LogP contribution in [0.1, 0.15) is 26.3 Å². The van der Waals surface area contributed by atoms with Gasteiger partial charge in [-0.3, -0.25) is 9.97 Å². The second-order valence-electron chi connectivity index (χ2n) is 13.1. The molecule has 5 heteroatoms. The van der Waals surface area contributed by atoms with E-state index >= 15 is 0 Å². The average Bonchev–Trinajstić information content (AvgIpc) is 3.14. The van der Waals surface area contributed by atoms with Crippen molar-refractivity contribution < 1.29 is 0 Å². The molecule has 5 heterocycles. The molecule has 8 rings (SSSR count). The molecular weight excluding hydrogens is 587 g/mol. The van der Waals surface area contributed by atoms with Gasteiger partial charge in [-0.1, -0.05) is 106 Å². The van der Waals surface area contributed by atoms with Crippen LogP contribution >= 0.6 is 0 Å². The minimum atomic E-state index is 0.105. The monoisotopic (exact) mass is 619 g/mol. The molecule has 5 aromatic heterocycles. The summed E-state index contributed by atoms with van der Waals surface area (Å²) in [5.41, 5.74) is 12.6. The van der Waals surface area contributed by atoms with Gasteiger partial charge in [-0.25, -0.2) is 15.0 Å². The van der Waals surface area contributed by atoms with E-state index in [1.165, 1.54) is 5.56 Å². The normalized spacial score (nSPS) is 11.6. The van der Waals surface area contributed by atoms with E-state index in [0.29, 0.717) is 0 Å². The maximum Gasteiger partial charge on any atom is 0.0972 e. The summed E-state index contributed by atoms with van der Waals surface area (Å²) >= 11 is 0. The van der Waals surface area contributed by atoms with E-state index in [-0.39, 0.29) is 5.41 Å². The lowest BCUT2D eigenvalue weighted by molar-refractivity contribution is 0.590. The lowest BCUT2D eigenvalue weighted by Crippen LogP contribution is -2.10. The highest BCUT2D eigenvalue weighted by Gasteiger charge is 2.15. The number of hydrogen-bond donors (Lipinski definition) is 0. The van der Waals surface area contributed by atoms with E-state index in [1.807, 2.05) is 36.4 Å². The number of hydrogen-bond acceptors (Lipinski definition) is 5. The zero-order valence-corrected chi connectivity index (χ0v) is 27.1. The molecule has 0 N–H and O–H groups in total. The van der Waals surface area contributed by atoms with E-state index in [2.05, 4.69) is 128 Å². The SMILES string of the molecule is CC(C)(C)c1ccc(-c2ccc3ccc4ccc(-c5ccc(-c6cc(-c7ccccn7)nc(-c7ccccn7)c6)cc5)nc4c3n2)cc1. The maximum absolute atomic E-state index is 5.18. The van der Waals surface area contributed by atoms with Gasteiger partial charge < -0.3 is 0 Å². The third-order valence-electron chi connectivity index (χ3n) is 8.76. The van der Waals surface area contributed by atoms with Crippen molar-refractivity contribution in [3.63, 3.8) is 0 Å². The van der Waals surface area contributed by atoms with Gasteiger partial charge in [0.1, 0.15) is 0 Å². The van der Waals surface area contributed by atoms with E-state index in [9.17, 15) is 0 Å². The van der Waals surface area contributed by atoms with Gasteiger partial charge in [-0.05, 0) is 70.6 Å². The molecule has 0 fully saturated rings. The number of rotatable bonds is 5. The van der Waals surface area contributed by atoms with Gasteiger partial charge in [-0.2, -0.15) is 0 Å². The van der Waals surface area contributed by atoms with Crippen LogP contribution in [-0.4, -0.2) is 24.9 Å². The Morgan fingerprint density at radius 2 is 0.833 bits per heavy atom. The summed E-state index contributed by atoms with van der Waals surface area (Å²) in [6.45, 7) is 6.70. The highest BCUT2D eigenvalue weighted by atomic mass is 14.8. The van der Waals surface area contributed by atoms with Crippen LogP contribution in [0.4, 0.5) is 0 Å². The van der Waals surface area contributed by atoms with Gasteiger partial charge in [0, 0.05) is 34.3 Å². The molecule has 0 saturated carbocycles. The molecule has 5 nitrogen and oxygen atoms in total. The number of fused-ring (bicyclic) bond motifs is 3. The van der Waals surface area contributed by atoms with Crippen molar-refractivity contribution in [1.82, 2.24) is 24.9 Å². The van der Waals surface area contributed by atoms with Gasteiger partial charge in [0.15, 0.2) is 0 Å².